The smallest absolute Gasteiger partial charge is 0.305 e. The quantitative estimate of drug-likeness (QED) is 0.556. The molecule has 0 radical (unpaired) electrons. The van der Waals surface area contributed by atoms with Gasteiger partial charge in [0.15, 0.2) is 0 Å². The van der Waals surface area contributed by atoms with Crippen molar-refractivity contribution in [3.8, 4) is 0 Å². The monoisotopic (exact) mass is 306 g/mol. The lowest BCUT2D eigenvalue weighted by Crippen LogP contribution is -2.55. The first-order chi connectivity index (χ1) is 9.08. The minimum absolute atomic E-state index is 0. The van der Waals surface area contributed by atoms with Crippen LogP contribution in [0.1, 0.15) is 57.8 Å². The van der Waals surface area contributed by atoms with Crippen molar-refractivity contribution in [1.82, 2.24) is 5.32 Å². The van der Waals surface area contributed by atoms with Gasteiger partial charge in [-0.25, -0.2) is 0 Å². The zero-order valence-corrected chi connectivity index (χ0v) is 13.1. The molecule has 20 heavy (non-hydrogen) atoms. The van der Waals surface area contributed by atoms with Crippen molar-refractivity contribution < 1.29 is 14.3 Å². The highest BCUT2D eigenvalue weighted by molar-refractivity contribution is 5.86. The third kappa shape index (κ3) is 6.57. The number of rotatable bonds is 7. The van der Waals surface area contributed by atoms with Crippen molar-refractivity contribution in [1.29, 1.82) is 0 Å². The number of esters is 1. The van der Waals surface area contributed by atoms with Crippen LogP contribution in [0.2, 0.25) is 0 Å². The van der Waals surface area contributed by atoms with Gasteiger partial charge in [0.1, 0.15) is 0 Å². The van der Waals surface area contributed by atoms with Crippen molar-refractivity contribution in [3.63, 3.8) is 0 Å². The molecular weight excluding hydrogens is 280 g/mol. The van der Waals surface area contributed by atoms with Crippen LogP contribution in [0, 0.1) is 0 Å². The van der Waals surface area contributed by atoms with Crippen molar-refractivity contribution in [2.75, 3.05) is 13.7 Å². The Bertz CT molecular complexity index is 305. The van der Waals surface area contributed by atoms with Crippen LogP contribution in [-0.4, -0.2) is 31.1 Å². The van der Waals surface area contributed by atoms with Gasteiger partial charge in [-0.2, -0.15) is 0 Å². The summed E-state index contributed by atoms with van der Waals surface area (Å²) in [7, 11) is 1.40. The van der Waals surface area contributed by atoms with Crippen LogP contribution in [0.5, 0.6) is 0 Å². The molecule has 6 heteroatoms. The Morgan fingerprint density at radius 3 is 2.40 bits per heavy atom. The minimum atomic E-state index is -0.649. The van der Waals surface area contributed by atoms with Gasteiger partial charge in [-0.3, -0.25) is 9.59 Å². The molecule has 0 saturated heterocycles. The fourth-order valence-electron chi connectivity index (χ4n) is 2.46. The summed E-state index contributed by atoms with van der Waals surface area (Å²) in [4.78, 5) is 22.9. The first-order valence-electron chi connectivity index (χ1n) is 7.22. The number of hydrogen-bond donors (Lipinski definition) is 2. The summed E-state index contributed by atoms with van der Waals surface area (Å²) in [5.41, 5.74) is 5.48. The summed E-state index contributed by atoms with van der Waals surface area (Å²) >= 11 is 0. The van der Waals surface area contributed by atoms with Crippen molar-refractivity contribution in [2.45, 2.75) is 63.3 Å². The van der Waals surface area contributed by atoms with E-state index >= 15 is 0 Å². The molecule has 1 saturated carbocycles. The topological polar surface area (TPSA) is 81.4 Å². The Labute approximate surface area is 127 Å². The van der Waals surface area contributed by atoms with E-state index in [-0.39, 0.29) is 24.3 Å². The zero-order chi connectivity index (χ0) is 14.1. The van der Waals surface area contributed by atoms with Gasteiger partial charge in [-0.05, 0) is 25.7 Å². The van der Waals surface area contributed by atoms with Gasteiger partial charge in [-0.15, -0.1) is 12.4 Å². The molecule has 5 nitrogen and oxygen atoms in total. The van der Waals surface area contributed by atoms with E-state index < -0.39 is 5.54 Å². The van der Waals surface area contributed by atoms with E-state index in [2.05, 4.69) is 10.1 Å². The number of hydrogen-bond acceptors (Lipinski definition) is 4. The van der Waals surface area contributed by atoms with Crippen molar-refractivity contribution >= 4 is 24.3 Å². The third-order valence-electron chi connectivity index (χ3n) is 3.77. The normalized spacial score (nSPS) is 16.9. The number of methoxy groups -OCH3 is 1. The molecule has 118 valence electrons. The lowest BCUT2D eigenvalue weighted by atomic mass is 9.82. The predicted octanol–water partition coefficient (Wildman–Crippen LogP) is 1.92. The van der Waals surface area contributed by atoms with E-state index in [0.29, 0.717) is 13.0 Å². The second-order valence-electron chi connectivity index (χ2n) is 5.36. The molecule has 3 N–H and O–H groups in total. The molecule has 0 spiro atoms. The summed E-state index contributed by atoms with van der Waals surface area (Å²) < 4.78 is 4.56. The standard InChI is InChI=1S/C14H26N2O3.ClH/c1-19-12(17)8-4-2-7-11-16-13(18)14(15)9-5-3-6-10-14;/h2-11,15H2,1H3,(H,16,18);1H. The fraction of sp³-hybridized carbons (Fsp3) is 0.857. The Kier molecular flexibility index (Phi) is 9.59. The number of carbonyl (C=O) groups is 2. The van der Waals surface area contributed by atoms with Gasteiger partial charge >= 0.3 is 5.97 Å². The van der Waals surface area contributed by atoms with E-state index in [1.807, 2.05) is 0 Å². The molecule has 0 bridgehead atoms. The molecule has 1 amide bonds. The van der Waals surface area contributed by atoms with Gasteiger partial charge in [-0.1, -0.05) is 25.7 Å². The average molecular weight is 307 g/mol. The Hall–Kier alpha value is -0.810. The molecular formula is C14H27ClN2O3. The first kappa shape index (κ1) is 19.2. The number of nitrogens with one attached hydrogen (secondary N) is 1. The fourth-order valence-corrected chi connectivity index (χ4v) is 2.46. The number of halogens is 1. The molecule has 1 fully saturated rings. The highest BCUT2D eigenvalue weighted by atomic mass is 35.5. The number of ether oxygens (including phenoxy) is 1. The summed E-state index contributed by atoms with van der Waals surface area (Å²) in [5, 5.41) is 2.91. The highest BCUT2D eigenvalue weighted by Gasteiger charge is 2.34. The molecule has 1 aliphatic carbocycles. The van der Waals surface area contributed by atoms with E-state index in [1.165, 1.54) is 13.5 Å². The van der Waals surface area contributed by atoms with Crippen LogP contribution >= 0.6 is 12.4 Å². The molecule has 0 unspecified atom stereocenters. The van der Waals surface area contributed by atoms with Crippen molar-refractivity contribution in [2.24, 2.45) is 5.73 Å². The van der Waals surface area contributed by atoms with Gasteiger partial charge in [0.2, 0.25) is 5.91 Å². The summed E-state index contributed by atoms with van der Waals surface area (Å²) in [6.45, 7) is 0.638. The second kappa shape index (κ2) is 10.00. The van der Waals surface area contributed by atoms with E-state index in [9.17, 15) is 9.59 Å². The Morgan fingerprint density at radius 2 is 1.80 bits per heavy atom. The molecule has 0 aromatic heterocycles. The molecule has 0 heterocycles. The maximum atomic E-state index is 12.0. The van der Waals surface area contributed by atoms with Crippen LogP contribution < -0.4 is 11.1 Å². The Balaban J connectivity index is 0.00000361. The van der Waals surface area contributed by atoms with Crippen LogP contribution in [0.25, 0.3) is 0 Å². The highest BCUT2D eigenvalue weighted by Crippen LogP contribution is 2.25. The molecule has 0 aromatic carbocycles. The van der Waals surface area contributed by atoms with E-state index in [1.54, 1.807) is 0 Å². The maximum absolute atomic E-state index is 12.0. The third-order valence-corrected chi connectivity index (χ3v) is 3.77. The van der Waals surface area contributed by atoms with Crippen molar-refractivity contribution in [3.05, 3.63) is 0 Å². The number of unbranched alkanes of at least 4 members (excludes halogenated alkanes) is 2. The first-order valence-corrected chi connectivity index (χ1v) is 7.22. The SMILES string of the molecule is COC(=O)CCCCCNC(=O)C1(N)CCCCC1.Cl. The molecule has 0 aromatic rings. The minimum Gasteiger partial charge on any atom is -0.469 e. The molecule has 0 aliphatic heterocycles. The summed E-state index contributed by atoms with van der Waals surface area (Å²) in [6, 6.07) is 0. The maximum Gasteiger partial charge on any atom is 0.305 e. The van der Waals surface area contributed by atoms with E-state index in [0.717, 1.165) is 44.9 Å². The van der Waals surface area contributed by atoms with Crippen LogP contribution in [0.15, 0.2) is 0 Å². The average Bonchev–Trinajstić information content (AvgIpc) is 2.42. The lowest BCUT2D eigenvalue weighted by molar-refractivity contribution is -0.140. The molecule has 1 rings (SSSR count). The molecule has 1 aliphatic rings. The number of nitrogens with two attached hydrogens (primary N) is 1. The van der Waals surface area contributed by atoms with Gasteiger partial charge in [0.05, 0.1) is 12.6 Å². The number of carbonyl (C=O) groups excluding carboxylic acids is 2. The largest absolute Gasteiger partial charge is 0.469 e. The Morgan fingerprint density at radius 1 is 1.15 bits per heavy atom. The zero-order valence-electron chi connectivity index (χ0n) is 12.3. The number of amides is 1. The van der Waals surface area contributed by atoms with Crippen LogP contribution in [0.3, 0.4) is 0 Å². The van der Waals surface area contributed by atoms with Crippen LogP contribution in [-0.2, 0) is 14.3 Å². The van der Waals surface area contributed by atoms with Gasteiger partial charge in [0.25, 0.3) is 0 Å². The van der Waals surface area contributed by atoms with Gasteiger partial charge in [0, 0.05) is 13.0 Å². The molecule has 0 atom stereocenters. The summed E-state index contributed by atoms with van der Waals surface area (Å²) in [6.07, 6.45) is 7.89. The lowest BCUT2D eigenvalue weighted by Gasteiger charge is -2.31. The van der Waals surface area contributed by atoms with E-state index in [4.69, 9.17) is 5.73 Å². The second-order valence-corrected chi connectivity index (χ2v) is 5.36. The summed E-state index contributed by atoms with van der Waals surface area (Å²) in [5.74, 6) is -0.188. The van der Waals surface area contributed by atoms with Crippen LogP contribution in [0.4, 0.5) is 0 Å². The predicted molar refractivity (Wildman–Crippen MR) is 80.7 cm³/mol. The van der Waals surface area contributed by atoms with Gasteiger partial charge < -0.3 is 15.8 Å².